The Balaban J connectivity index is 2.62. The molecule has 20 heavy (non-hydrogen) atoms. The van der Waals surface area contributed by atoms with Crippen LogP contribution in [0.25, 0.3) is 0 Å². The summed E-state index contributed by atoms with van der Waals surface area (Å²) in [5, 5.41) is 9.32. The highest BCUT2D eigenvalue weighted by molar-refractivity contribution is 7.90. The number of carbonyl (C=O) groups is 1. The average molecular weight is 298 g/mol. The molecule has 1 N–H and O–H groups in total. The number of benzene rings is 1. The molecule has 0 saturated carbocycles. The van der Waals surface area contributed by atoms with E-state index >= 15 is 0 Å². The third kappa shape index (κ3) is 2.27. The van der Waals surface area contributed by atoms with Crippen LogP contribution in [0.5, 0.6) is 0 Å². The maximum Gasteiger partial charge on any atom is 0.311 e. The molecule has 1 aromatic rings. The van der Waals surface area contributed by atoms with Crippen molar-refractivity contribution in [2.75, 3.05) is 18.4 Å². The minimum absolute atomic E-state index is 0.263. The molecule has 0 aromatic heterocycles. The molecule has 0 bridgehead atoms. The molecule has 0 spiro atoms. The summed E-state index contributed by atoms with van der Waals surface area (Å²) in [6.45, 7) is 1.73. The molecule has 0 saturated heterocycles. The maximum atomic E-state index is 12.4. The number of rotatable bonds is 3. The van der Waals surface area contributed by atoms with E-state index < -0.39 is 28.1 Å². The minimum Gasteiger partial charge on any atom is -0.481 e. The van der Waals surface area contributed by atoms with Crippen LogP contribution in [0.2, 0.25) is 0 Å². The number of hydrogen-bond donors (Lipinski definition) is 1. The van der Waals surface area contributed by atoms with Gasteiger partial charge in [-0.2, -0.15) is 12.7 Å². The summed E-state index contributed by atoms with van der Waals surface area (Å²) in [7, 11) is -0.705. The third-order valence-electron chi connectivity index (χ3n) is 3.53. The predicted molar refractivity (Wildman–Crippen MR) is 76.0 cm³/mol. The summed E-state index contributed by atoms with van der Waals surface area (Å²) in [4.78, 5) is 11.4. The number of fused-ring (bicyclic) bond motifs is 1. The van der Waals surface area contributed by atoms with Crippen LogP contribution in [0.4, 0.5) is 5.69 Å². The largest absolute Gasteiger partial charge is 0.481 e. The Morgan fingerprint density at radius 3 is 2.50 bits per heavy atom. The fraction of sp³-hybridized carbons (Fsp3) is 0.462. The second-order valence-corrected chi connectivity index (χ2v) is 7.14. The number of anilines is 1. The molecule has 6 nitrogen and oxygen atoms in total. The predicted octanol–water partition coefficient (Wildman–Crippen LogP) is 1.26. The molecule has 2 atom stereocenters. The number of aliphatic carboxylic acids is 1. The van der Waals surface area contributed by atoms with Gasteiger partial charge in [-0.1, -0.05) is 18.2 Å². The lowest BCUT2D eigenvalue weighted by Gasteiger charge is -2.39. The lowest BCUT2D eigenvalue weighted by molar-refractivity contribution is -0.139. The number of nitrogens with zero attached hydrogens (tertiary/aromatic N) is 2. The monoisotopic (exact) mass is 298 g/mol. The Bertz CT molecular complexity index is 627. The molecule has 1 aromatic carbocycles. The van der Waals surface area contributed by atoms with Crippen molar-refractivity contribution in [3.63, 3.8) is 0 Å². The van der Waals surface area contributed by atoms with Crippen molar-refractivity contribution in [2.45, 2.75) is 25.3 Å². The Morgan fingerprint density at radius 1 is 1.35 bits per heavy atom. The fourth-order valence-corrected chi connectivity index (χ4v) is 3.85. The van der Waals surface area contributed by atoms with Gasteiger partial charge in [0, 0.05) is 20.1 Å². The van der Waals surface area contributed by atoms with Crippen LogP contribution in [0.1, 0.15) is 24.8 Å². The van der Waals surface area contributed by atoms with Crippen LogP contribution in [0.15, 0.2) is 24.3 Å². The topological polar surface area (TPSA) is 77.9 Å². The number of hydrogen-bond acceptors (Lipinski definition) is 3. The van der Waals surface area contributed by atoms with Crippen molar-refractivity contribution in [1.82, 2.24) is 4.31 Å². The van der Waals surface area contributed by atoms with E-state index in [1.165, 1.54) is 18.4 Å². The SMILES string of the molecule is CC1CC(C(=O)O)c2ccccc2N1S(=O)(=O)N(C)C. The van der Waals surface area contributed by atoms with Gasteiger partial charge in [0.25, 0.3) is 0 Å². The van der Waals surface area contributed by atoms with Crippen LogP contribution in [0, 0.1) is 0 Å². The molecule has 0 radical (unpaired) electrons. The van der Waals surface area contributed by atoms with Crippen molar-refractivity contribution in [3.05, 3.63) is 29.8 Å². The first-order valence-electron chi connectivity index (χ1n) is 6.30. The van der Waals surface area contributed by atoms with E-state index in [1.807, 2.05) is 0 Å². The quantitative estimate of drug-likeness (QED) is 0.911. The van der Waals surface area contributed by atoms with Crippen molar-refractivity contribution in [2.24, 2.45) is 0 Å². The minimum atomic E-state index is -3.64. The van der Waals surface area contributed by atoms with Crippen LogP contribution in [0.3, 0.4) is 0 Å². The van der Waals surface area contributed by atoms with Gasteiger partial charge in [-0.25, -0.2) is 0 Å². The number of para-hydroxylation sites is 1. The van der Waals surface area contributed by atoms with Gasteiger partial charge in [0.15, 0.2) is 0 Å². The highest BCUT2D eigenvalue weighted by Crippen LogP contribution is 2.40. The summed E-state index contributed by atoms with van der Waals surface area (Å²) >= 11 is 0. The Hall–Kier alpha value is -1.60. The van der Waals surface area contributed by atoms with Gasteiger partial charge >= 0.3 is 16.2 Å². The van der Waals surface area contributed by atoms with Crippen LogP contribution in [-0.2, 0) is 15.0 Å². The molecule has 2 unspecified atom stereocenters. The Labute approximate surface area is 118 Å². The number of carboxylic acids is 1. The van der Waals surface area contributed by atoms with Crippen molar-refractivity contribution in [3.8, 4) is 0 Å². The van der Waals surface area contributed by atoms with E-state index in [0.29, 0.717) is 11.3 Å². The fourth-order valence-electron chi connectivity index (χ4n) is 2.55. The van der Waals surface area contributed by atoms with E-state index in [-0.39, 0.29) is 6.42 Å². The average Bonchev–Trinajstić information content (AvgIpc) is 2.36. The molecular formula is C13H18N2O4S. The molecule has 1 aliphatic rings. The number of carboxylic acid groups (broad SMARTS) is 1. The smallest absolute Gasteiger partial charge is 0.311 e. The second kappa shape index (κ2) is 5.06. The first-order chi connectivity index (χ1) is 9.26. The second-order valence-electron chi connectivity index (χ2n) is 5.12. The summed E-state index contributed by atoms with van der Waals surface area (Å²) in [6, 6.07) is 6.37. The van der Waals surface area contributed by atoms with Gasteiger partial charge in [0.2, 0.25) is 0 Å². The molecule has 1 heterocycles. The molecule has 0 fully saturated rings. The van der Waals surface area contributed by atoms with Crippen molar-refractivity contribution < 1.29 is 18.3 Å². The zero-order valence-electron chi connectivity index (χ0n) is 11.6. The van der Waals surface area contributed by atoms with Gasteiger partial charge in [0.05, 0.1) is 11.6 Å². The van der Waals surface area contributed by atoms with Gasteiger partial charge in [-0.15, -0.1) is 0 Å². The summed E-state index contributed by atoms with van der Waals surface area (Å²) in [6.07, 6.45) is 0.263. The van der Waals surface area contributed by atoms with Crippen molar-refractivity contribution in [1.29, 1.82) is 0 Å². The summed E-state index contributed by atoms with van der Waals surface area (Å²) < 4.78 is 27.3. The van der Waals surface area contributed by atoms with Crippen LogP contribution >= 0.6 is 0 Å². The molecule has 1 aliphatic heterocycles. The van der Waals surface area contributed by atoms with Gasteiger partial charge in [-0.05, 0) is 25.0 Å². The van der Waals surface area contributed by atoms with Crippen molar-refractivity contribution >= 4 is 21.9 Å². The normalized spacial score (nSPS) is 22.7. The molecule has 0 amide bonds. The molecule has 110 valence electrons. The van der Waals surface area contributed by atoms with E-state index in [1.54, 1.807) is 31.2 Å². The van der Waals surface area contributed by atoms with E-state index in [0.717, 1.165) is 4.31 Å². The lowest BCUT2D eigenvalue weighted by atomic mass is 9.87. The first-order valence-corrected chi connectivity index (χ1v) is 7.70. The maximum absolute atomic E-state index is 12.4. The summed E-state index contributed by atoms with van der Waals surface area (Å²) in [5.41, 5.74) is 0.996. The van der Waals surface area contributed by atoms with Crippen LogP contribution < -0.4 is 4.31 Å². The Kier molecular flexibility index (Phi) is 3.75. The summed E-state index contributed by atoms with van der Waals surface area (Å²) in [5.74, 6) is -1.60. The van der Waals surface area contributed by atoms with E-state index in [2.05, 4.69) is 0 Å². The highest BCUT2D eigenvalue weighted by Gasteiger charge is 2.40. The molecule has 0 aliphatic carbocycles. The molecule has 2 rings (SSSR count). The van der Waals surface area contributed by atoms with Gasteiger partial charge in [0.1, 0.15) is 0 Å². The highest BCUT2D eigenvalue weighted by atomic mass is 32.2. The van der Waals surface area contributed by atoms with E-state index in [9.17, 15) is 18.3 Å². The zero-order valence-corrected chi connectivity index (χ0v) is 12.5. The van der Waals surface area contributed by atoms with Crippen LogP contribution in [-0.4, -0.2) is 43.9 Å². The Morgan fingerprint density at radius 2 is 1.95 bits per heavy atom. The third-order valence-corrected chi connectivity index (χ3v) is 5.51. The van der Waals surface area contributed by atoms with Gasteiger partial charge < -0.3 is 5.11 Å². The van der Waals surface area contributed by atoms with E-state index in [4.69, 9.17) is 0 Å². The van der Waals surface area contributed by atoms with Gasteiger partial charge in [-0.3, -0.25) is 9.10 Å². The molecular weight excluding hydrogens is 280 g/mol. The zero-order chi connectivity index (χ0) is 15.1. The first kappa shape index (κ1) is 14.8. The lowest BCUT2D eigenvalue weighted by Crippen LogP contribution is -2.48. The molecule has 7 heteroatoms. The standard InChI is InChI=1S/C13H18N2O4S/c1-9-8-11(13(16)17)10-6-4-5-7-12(10)15(9)20(18,19)14(2)3/h4-7,9,11H,8H2,1-3H3,(H,16,17).